The van der Waals surface area contributed by atoms with Crippen molar-refractivity contribution in [2.24, 2.45) is 0 Å². The van der Waals surface area contributed by atoms with Crippen molar-refractivity contribution in [3.8, 4) is 5.88 Å². The Morgan fingerprint density at radius 2 is 2.24 bits per heavy atom. The average Bonchev–Trinajstić information content (AvgIpc) is 2.38. The van der Waals surface area contributed by atoms with Gasteiger partial charge in [-0.05, 0) is 17.7 Å². The molecule has 0 aliphatic rings. The Kier molecular flexibility index (Phi) is 3.77. The normalized spacial score (nSPS) is 10.0. The summed E-state index contributed by atoms with van der Waals surface area (Å²) in [4.78, 5) is 7.97. The van der Waals surface area contributed by atoms with Gasteiger partial charge in [0.15, 0.2) is 0 Å². The van der Waals surface area contributed by atoms with Crippen LogP contribution in [0.4, 0.5) is 5.69 Å². The first-order valence-corrected chi connectivity index (χ1v) is 5.49. The van der Waals surface area contributed by atoms with Gasteiger partial charge >= 0.3 is 0 Å². The first kappa shape index (κ1) is 11.7. The fourth-order valence-corrected chi connectivity index (χ4v) is 1.57. The molecule has 2 aromatic rings. The maximum absolute atomic E-state index is 5.99. The van der Waals surface area contributed by atoms with E-state index in [2.05, 4.69) is 15.3 Å². The van der Waals surface area contributed by atoms with Crippen LogP contribution in [0.15, 0.2) is 36.8 Å². The zero-order chi connectivity index (χ0) is 12.1. The van der Waals surface area contributed by atoms with Crippen molar-refractivity contribution in [2.75, 3.05) is 12.4 Å². The summed E-state index contributed by atoms with van der Waals surface area (Å²) >= 11 is 5.99. The number of hydrogen-bond donors (Lipinski definition) is 1. The van der Waals surface area contributed by atoms with Gasteiger partial charge in [0, 0.05) is 31.2 Å². The first-order chi connectivity index (χ1) is 8.29. The lowest BCUT2D eigenvalue weighted by Gasteiger charge is -2.08. The number of hydrogen-bond acceptors (Lipinski definition) is 4. The Morgan fingerprint density at radius 1 is 1.35 bits per heavy atom. The van der Waals surface area contributed by atoms with E-state index in [9.17, 15) is 0 Å². The SMILES string of the molecule is COc1cc(CNc2ccncc2Cl)ccn1. The summed E-state index contributed by atoms with van der Waals surface area (Å²) in [7, 11) is 1.60. The third-order valence-electron chi connectivity index (χ3n) is 2.26. The van der Waals surface area contributed by atoms with Crippen molar-refractivity contribution in [3.05, 3.63) is 47.4 Å². The summed E-state index contributed by atoms with van der Waals surface area (Å²) < 4.78 is 5.06. The van der Waals surface area contributed by atoms with Crippen molar-refractivity contribution in [2.45, 2.75) is 6.54 Å². The van der Waals surface area contributed by atoms with E-state index in [0.29, 0.717) is 17.4 Å². The van der Waals surface area contributed by atoms with Crippen molar-refractivity contribution >= 4 is 17.3 Å². The van der Waals surface area contributed by atoms with E-state index in [0.717, 1.165) is 11.3 Å². The van der Waals surface area contributed by atoms with Crippen molar-refractivity contribution in [3.63, 3.8) is 0 Å². The summed E-state index contributed by atoms with van der Waals surface area (Å²) in [6.45, 7) is 0.655. The molecular formula is C12H12ClN3O. The lowest BCUT2D eigenvalue weighted by atomic mass is 10.2. The fourth-order valence-electron chi connectivity index (χ4n) is 1.39. The van der Waals surface area contributed by atoms with Crippen LogP contribution in [-0.4, -0.2) is 17.1 Å². The highest BCUT2D eigenvalue weighted by Crippen LogP contribution is 2.20. The third kappa shape index (κ3) is 3.07. The minimum atomic E-state index is 0.602. The molecule has 5 heteroatoms. The Labute approximate surface area is 105 Å². The maximum atomic E-state index is 5.99. The van der Waals surface area contributed by atoms with E-state index in [-0.39, 0.29) is 0 Å². The predicted octanol–water partition coefficient (Wildman–Crippen LogP) is 2.75. The molecule has 17 heavy (non-hydrogen) atoms. The minimum absolute atomic E-state index is 0.602. The second-order valence-corrected chi connectivity index (χ2v) is 3.82. The monoisotopic (exact) mass is 249 g/mol. The largest absolute Gasteiger partial charge is 0.481 e. The molecule has 1 N–H and O–H groups in total. The van der Waals surface area contributed by atoms with Crippen molar-refractivity contribution in [1.82, 2.24) is 9.97 Å². The molecule has 0 bridgehead atoms. The van der Waals surface area contributed by atoms with E-state index in [1.165, 1.54) is 0 Å². The molecule has 0 atom stereocenters. The summed E-state index contributed by atoms with van der Waals surface area (Å²) in [5.41, 5.74) is 1.93. The second-order valence-electron chi connectivity index (χ2n) is 3.42. The lowest BCUT2D eigenvalue weighted by Crippen LogP contribution is -2.01. The van der Waals surface area contributed by atoms with Gasteiger partial charge < -0.3 is 10.1 Å². The van der Waals surface area contributed by atoms with Crippen molar-refractivity contribution in [1.29, 1.82) is 0 Å². The number of methoxy groups -OCH3 is 1. The van der Waals surface area contributed by atoms with E-state index < -0.39 is 0 Å². The van der Waals surface area contributed by atoms with Gasteiger partial charge in [0.1, 0.15) is 0 Å². The first-order valence-electron chi connectivity index (χ1n) is 5.12. The smallest absolute Gasteiger partial charge is 0.213 e. The topological polar surface area (TPSA) is 47.0 Å². The maximum Gasteiger partial charge on any atom is 0.213 e. The van der Waals surface area contributed by atoms with Crippen LogP contribution in [0.1, 0.15) is 5.56 Å². The number of nitrogens with one attached hydrogen (secondary N) is 1. The van der Waals surface area contributed by atoms with Gasteiger partial charge in [-0.2, -0.15) is 0 Å². The van der Waals surface area contributed by atoms with Gasteiger partial charge in [0.2, 0.25) is 5.88 Å². The zero-order valence-electron chi connectivity index (χ0n) is 9.35. The van der Waals surface area contributed by atoms with Crippen LogP contribution in [0.3, 0.4) is 0 Å². The summed E-state index contributed by atoms with van der Waals surface area (Å²) in [6.07, 6.45) is 5.02. The third-order valence-corrected chi connectivity index (χ3v) is 2.57. The molecule has 0 fully saturated rings. The molecule has 0 amide bonds. The molecule has 0 radical (unpaired) electrons. The van der Waals surface area contributed by atoms with Gasteiger partial charge in [-0.3, -0.25) is 4.98 Å². The summed E-state index contributed by atoms with van der Waals surface area (Å²) in [5.74, 6) is 0.602. The number of ether oxygens (including phenoxy) is 1. The Morgan fingerprint density at radius 3 is 3.00 bits per heavy atom. The highest BCUT2D eigenvalue weighted by molar-refractivity contribution is 6.33. The Balaban J connectivity index is 2.05. The van der Waals surface area contributed by atoms with Gasteiger partial charge in [-0.1, -0.05) is 11.6 Å². The molecule has 0 saturated heterocycles. The van der Waals surface area contributed by atoms with E-state index in [4.69, 9.17) is 16.3 Å². The van der Waals surface area contributed by atoms with Gasteiger partial charge in [0.25, 0.3) is 0 Å². The molecule has 0 spiro atoms. The quantitative estimate of drug-likeness (QED) is 0.905. The molecule has 88 valence electrons. The molecular weight excluding hydrogens is 238 g/mol. The van der Waals surface area contributed by atoms with Crippen molar-refractivity contribution < 1.29 is 4.74 Å². The number of pyridine rings is 2. The van der Waals surface area contributed by atoms with Crippen LogP contribution in [0.5, 0.6) is 5.88 Å². The molecule has 2 aromatic heterocycles. The Hall–Kier alpha value is -1.81. The molecule has 0 saturated carbocycles. The number of rotatable bonds is 4. The van der Waals surface area contributed by atoms with E-state index in [1.54, 1.807) is 25.7 Å². The van der Waals surface area contributed by atoms with Crippen LogP contribution in [0, 0.1) is 0 Å². The minimum Gasteiger partial charge on any atom is -0.481 e. The summed E-state index contributed by atoms with van der Waals surface area (Å²) in [5, 5.41) is 3.83. The van der Waals surface area contributed by atoms with Gasteiger partial charge in [-0.15, -0.1) is 0 Å². The molecule has 0 aliphatic heterocycles. The van der Waals surface area contributed by atoms with Crippen LogP contribution in [0.25, 0.3) is 0 Å². The Bertz CT molecular complexity index is 505. The standard InChI is InChI=1S/C12H12ClN3O/c1-17-12-6-9(2-5-15-12)7-16-11-3-4-14-8-10(11)13/h2-6,8H,7H2,1H3,(H,14,16). The van der Waals surface area contributed by atoms with Crippen LogP contribution >= 0.6 is 11.6 Å². The van der Waals surface area contributed by atoms with Crippen LogP contribution in [-0.2, 0) is 6.54 Å². The highest BCUT2D eigenvalue weighted by atomic mass is 35.5. The van der Waals surface area contributed by atoms with E-state index in [1.807, 2.05) is 18.2 Å². The lowest BCUT2D eigenvalue weighted by molar-refractivity contribution is 0.397. The molecule has 2 rings (SSSR count). The molecule has 2 heterocycles. The van der Waals surface area contributed by atoms with Crippen LogP contribution < -0.4 is 10.1 Å². The number of nitrogens with zero attached hydrogens (tertiary/aromatic N) is 2. The summed E-state index contributed by atoms with van der Waals surface area (Å²) in [6, 6.07) is 5.63. The van der Waals surface area contributed by atoms with Gasteiger partial charge in [-0.25, -0.2) is 4.98 Å². The van der Waals surface area contributed by atoms with Gasteiger partial charge in [0.05, 0.1) is 17.8 Å². The predicted molar refractivity (Wildman–Crippen MR) is 67.4 cm³/mol. The molecule has 4 nitrogen and oxygen atoms in total. The molecule has 0 unspecified atom stereocenters. The highest BCUT2D eigenvalue weighted by Gasteiger charge is 2.00. The van der Waals surface area contributed by atoms with Crippen LogP contribution in [0.2, 0.25) is 5.02 Å². The number of anilines is 1. The average molecular weight is 250 g/mol. The fraction of sp³-hybridized carbons (Fsp3) is 0.167. The molecule has 0 aromatic carbocycles. The zero-order valence-corrected chi connectivity index (χ0v) is 10.1. The second kappa shape index (κ2) is 5.50. The number of halogens is 1. The number of aromatic nitrogens is 2. The van der Waals surface area contributed by atoms with E-state index >= 15 is 0 Å². The molecule has 0 aliphatic carbocycles.